The second-order valence-electron chi connectivity index (χ2n) is 5.69. The molecule has 4 nitrogen and oxygen atoms in total. The zero-order chi connectivity index (χ0) is 16.2. The third-order valence-corrected chi connectivity index (χ3v) is 4.15. The SMILES string of the molecule is C=C/C=C(\C=C)CN1CCc2[nH]n(-c3ccccc3)c(=O)c2C1. The van der Waals surface area contributed by atoms with Gasteiger partial charge in [-0.3, -0.25) is 14.8 Å². The summed E-state index contributed by atoms with van der Waals surface area (Å²) >= 11 is 0. The Labute approximate surface area is 136 Å². The summed E-state index contributed by atoms with van der Waals surface area (Å²) in [6, 6.07) is 9.68. The normalized spacial score (nSPS) is 15.2. The highest BCUT2D eigenvalue weighted by Crippen LogP contribution is 2.17. The Morgan fingerprint density at radius 3 is 2.74 bits per heavy atom. The monoisotopic (exact) mass is 307 g/mol. The maximum absolute atomic E-state index is 12.7. The first-order valence-electron chi connectivity index (χ1n) is 7.77. The van der Waals surface area contributed by atoms with Gasteiger partial charge in [-0.15, -0.1) is 0 Å². The minimum absolute atomic E-state index is 0.0451. The van der Waals surface area contributed by atoms with E-state index in [1.54, 1.807) is 10.8 Å². The van der Waals surface area contributed by atoms with Crippen LogP contribution in [-0.2, 0) is 13.0 Å². The smallest absolute Gasteiger partial charge is 0.275 e. The van der Waals surface area contributed by atoms with Crippen molar-refractivity contribution in [2.24, 2.45) is 0 Å². The van der Waals surface area contributed by atoms with Crippen molar-refractivity contribution in [2.75, 3.05) is 13.1 Å². The maximum atomic E-state index is 12.7. The topological polar surface area (TPSA) is 41.0 Å². The van der Waals surface area contributed by atoms with Crippen LogP contribution in [0.25, 0.3) is 5.69 Å². The van der Waals surface area contributed by atoms with Crippen LogP contribution < -0.4 is 5.56 Å². The fourth-order valence-corrected chi connectivity index (χ4v) is 2.95. The molecule has 0 radical (unpaired) electrons. The maximum Gasteiger partial charge on any atom is 0.275 e. The van der Waals surface area contributed by atoms with Gasteiger partial charge >= 0.3 is 0 Å². The predicted octanol–water partition coefficient (Wildman–Crippen LogP) is 2.82. The number of H-pyrrole nitrogens is 1. The van der Waals surface area contributed by atoms with Gasteiger partial charge < -0.3 is 0 Å². The summed E-state index contributed by atoms with van der Waals surface area (Å²) in [5, 5.41) is 3.26. The molecule has 0 unspecified atom stereocenters. The Bertz CT molecular complexity index is 796. The molecule has 23 heavy (non-hydrogen) atoms. The van der Waals surface area contributed by atoms with Gasteiger partial charge in [0.2, 0.25) is 0 Å². The summed E-state index contributed by atoms with van der Waals surface area (Å²) in [6.45, 7) is 9.93. The molecule has 1 aliphatic heterocycles. The van der Waals surface area contributed by atoms with E-state index in [2.05, 4.69) is 23.2 Å². The number of hydrogen-bond donors (Lipinski definition) is 1. The van der Waals surface area contributed by atoms with Gasteiger partial charge in [-0.05, 0) is 17.7 Å². The van der Waals surface area contributed by atoms with E-state index >= 15 is 0 Å². The first-order chi connectivity index (χ1) is 11.2. The number of fused-ring (bicyclic) bond motifs is 1. The van der Waals surface area contributed by atoms with E-state index in [0.29, 0.717) is 6.54 Å². The molecular formula is C19H21N3O. The van der Waals surface area contributed by atoms with Gasteiger partial charge in [-0.25, -0.2) is 4.68 Å². The molecule has 0 fully saturated rings. The molecule has 0 spiro atoms. The van der Waals surface area contributed by atoms with Gasteiger partial charge in [-0.2, -0.15) is 0 Å². The van der Waals surface area contributed by atoms with Gasteiger partial charge in [0, 0.05) is 31.7 Å². The Kier molecular flexibility index (Phi) is 4.44. The summed E-state index contributed by atoms with van der Waals surface area (Å²) in [5.41, 5.74) is 3.94. The number of nitrogens with zero attached hydrogens (tertiary/aromatic N) is 2. The second kappa shape index (κ2) is 6.67. The number of hydrogen-bond acceptors (Lipinski definition) is 2. The Morgan fingerprint density at radius 1 is 1.26 bits per heavy atom. The number of aromatic nitrogens is 2. The summed E-state index contributed by atoms with van der Waals surface area (Å²) < 4.78 is 1.64. The van der Waals surface area contributed by atoms with Crippen molar-refractivity contribution in [1.82, 2.24) is 14.7 Å². The molecule has 2 aromatic rings. The summed E-state index contributed by atoms with van der Waals surface area (Å²) in [4.78, 5) is 15.0. The van der Waals surface area contributed by atoms with E-state index in [1.807, 2.05) is 42.5 Å². The standard InChI is InChI=1S/C19H21N3O/c1-3-8-15(4-2)13-21-12-11-18-17(14-21)19(23)22(20-18)16-9-6-5-7-10-16/h3-10,20H,1-2,11-14H2/b15-8+. The molecule has 118 valence electrons. The molecule has 3 rings (SSSR count). The fourth-order valence-electron chi connectivity index (χ4n) is 2.95. The largest absolute Gasteiger partial charge is 0.295 e. The lowest BCUT2D eigenvalue weighted by Gasteiger charge is -2.26. The number of aromatic amines is 1. The van der Waals surface area contributed by atoms with E-state index in [4.69, 9.17) is 0 Å². The average molecular weight is 307 g/mol. The van der Waals surface area contributed by atoms with Gasteiger partial charge in [0.25, 0.3) is 5.56 Å². The van der Waals surface area contributed by atoms with E-state index in [0.717, 1.165) is 42.0 Å². The number of rotatable bonds is 5. The van der Waals surface area contributed by atoms with Crippen molar-refractivity contribution < 1.29 is 0 Å². The van der Waals surface area contributed by atoms with Gasteiger partial charge in [0.05, 0.1) is 11.3 Å². The molecule has 2 heterocycles. The third kappa shape index (κ3) is 3.12. The van der Waals surface area contributed by atoms with Crippen LogP contribution in [0.2, 0.25) is 0 Å². The molecule has 0 aliphatic carbocycles. The van der Waals surface area contributed by atoms with Gasteiger partial charge in [0.15, 0.2) is 0 Å². The Morgan fingerprint density at radius 2 is 2.04 bits per heavy atom. The fraction of sp³-hybridized carbons (Fsp3) is 0.211. The average Bonchev–Trinajstić information content (AvgIpc) is 2.92. The molecule has 1 N–H and O–H groups in total. The van der Waals surface area contributed by atoms with Crippen molar-refractivity contribution in [1.29, 1.82) is 0 Å². The van der Waals surface area contributed by atoms with Crippen LogP contribution >= 0.6 is 0 Å². The lowest BCUT2D eigenvalue weighted by atomic mass is 10.1. The second-order valence-corrected chi connectivity index (χ2v) is 5.69. The molecule has 0 bridgehead atoms. The van der Waals surface area contributed by atoms with Crippen LogP contribution in [0.4, 0.5) is 0 Å². The highest BCUT2D eigenvalue weighted by molar-refractivity contribution is 5.34. The molecule has 0 amide bonds. The van der Waals surface area contributed by atoms with E-state index in [9.17, 15) is 4.79 Å². The predicted molar refractivity (Wildman–Crippen MR) is 93.8 cm³/mol. The zero-order valence-electron chi connectivity index (χ0n) is 13.2. The molecule has 1 aliphatic rings. The summed E-state index contributed by atoms with van der Waals surface area (Å²) in [7, 11) is 0. The first-order valence-corrected chi connectivity index (χ1v) is 7.77. The third-order valence-electron chi connectivity index (χ3n) is 4.15. The minimum atomic E-state index is 0.0451. The van der Waals surface area contributed by atoms with Crippen LogP contribution in [-0.4, -0.2) is 27.8 Å². The lowest BCUT2D eigenvalue weighted by molar-refractivity contribution is 0.276. The molecule has 0 saturated heterocycles. The van der Waals surface area contributed by atoms with Crippen molar-refractivity contribution in [3.05, 3.63) is 88.9 Å². The van der Waals surface area contributed by atoms with Crippen LogP contribution in [0, 0.1) is 0 Å². The van der Waals surface area contributed by atoms with Crippen LogP contribution in [0.15, 0.2) is 72.1 Å². The van der Waals surface area contributed by atoms with Gasteiger partial charge in [0.1, 0.15) is 0 Å². The first kappa shape index (κ1) is 15.3. The van der Waals surface area contributed by atoms with E-state index in [-0.39, 0.29) is 5.56 Å². The minimum Gasteiger partial charge on any atom is -0.295 e. The number of nitrogens with one attached hydrogen (secondary N) is 1. The van der Waals surface area contributed by atoms with Crippen molar-refractivity contribution in [3.63, 3.8) is 0 Å². The molecule has 1 aromatic carbocycles. The molecule has 4 heteroatoms. The van der Waals surface area contributed by atoms with Crippen molar-refractivity contribution in [2.45, 2.75) is 13.0 Å². The van der Waals surface area contributed by atoms with Gasteiger partial charge in [-0.1, -0.05) is 49.6 Å². The van der Waals surface area contributed by atoms with Crippen LogP contribution in [0.3, 0.4) is 0 Å². The summed E-state index contributed by atoms with van der Waals surface area (Å²) in [6.07, 6.45) is 6.42. The van der Waals surface area contributed by atoms with Crippen molar-refractivity contribution >= 4 is 0 Å². The number of benzene rings is 1. The molecule has 0 saturated carbocycles. The Balaban J connectivity index is 1.86. The summed E-state index contributed by atoms with van der Waals surface area (Å²) in [5.74, 6) is 0. The molecular weight excluding hydrogens is 286 g/mol. The quantitative estimate of drug-likeness (QED) is 0.863. The Hall–Kier alpha value is -2.59. The van der Waals surface area contributed by atoms with E-state index < -0.39 is 0 Å². The lowest BCUT2D eigenvalue weighted by Crippen LogP contribution is -2.34. The highest BCUT2D eigenvalue weighted by atomic mass is 16.1. The van der Waals surface area contributed by atoms with E-state index in [1.165, 1.54) is 0 Å². The van der Waals surface area contributed by atoms with Crippen LogP contribution in [0.1, 0.15) is 11.3 Å². The molecule has 1 aromatic heterocycles. The van der Waals surface area contributed by atoms with Crippen molar-refractivity contribution in [3.8, 4) is 5.69 Å². The number of para-hydroxylation sites is 1. The zero-order valence-corrected chi connectivity index (χ0v) is 13.2. The van der Waals surface area contributed by atoms with Crippen LogP contribution in [0.5, 0.6) is 0 Å². The molecule has 0 atom stereocenters. The highest BCUT2D eigenvalue weighted by Gasteiger charge is 2.23. The number of allylic oxidation sites excluding steroid dienone is 2.